The smallest absolute Gasteiger partial charge is 0.338 e. The molecule has 0 saturated heterocycles. The van der Waals surface area contributed by atoms with Gasteiger partial charge in [-0.15, -0.1) is 22.1 Å². The number of rotatable bonds is 6. The number of hydrogen-bond acceptors (Lipinski definition) is 5. The summed E-state index contributed by atoms with van der Waals surface area (Å²) in [6.45, 7) is 9.17. The summed E-state index contributed by atoms with van der Waals surface area (Å²) in [5.74, 6) is 0.478. The van der Waals surface area contributed by atoms with Crippen molar-refractivity contribution in [3.8, 4) is 0 Å². The first-order valence-electron chi connectivity index (χ1n) is 7.14. The summed E-state index contributed by atoms with van der Waals surface area (Å²) in [4.78, 5) is 16.0. The summed E-state index contributed by atoms with van der Waals surface area (Å²) in [5, 5.41) is 0.826. The summed E-state index contributed by atoms with van der Waals surface area (Å²) in [6.07, 6.45) is 4.38. The number of aryl methyl sites for hydroxylation is 1. The van der Waals surface area contributed by atoms with Crippen molar-refractivity contribution in [3.63, 3.8) is 0 Å². The van der Waals surface area contributed by atoms with E-state index in [9.17, 15) is 4.79 Å². The Hall–Kier alpha value is -0.720. The third-order valence-electron chi connectivity index (χ3n) is 3.54. The minimum atomic E-state index is -1.09. The first-order chi connectivity index (χ1) is 10.1. The monoisotopic (exact) mass is 345 g/mol. The van der Waals surface area contributed by atoms with Gasteiger partial charge in [0.1, 0.15) is 0 Å². The molecule has 0 aliphatic carbocycles. The number of carbonyl (C=O) groups excluding carboxylic acids is 1. The normalized spacial score (nSPS) is 13.0. The number of carbonyl (C=O) groups is 1. The van der Waals surface area contributed by atoms with Crippen molar-refractivity contribution >= 4 is 28.0 Å². The van der Waals surface area contributed by atoms with E-state index in [1.54, 1.807) is 23.9 Å². The van der Waals surface area contributed by atoms with Crippen molar-refractivity contribution in [1.82, 2.24) is 4.98 Å². The van der Waals surface area contributed by atoms with Crippen LogP contribution in [0.1, 0.15) is 36.8 Å². The number of esters is 1. The molecule has 0 aliphatic heterocycles. The molecule has 1 aromatic heterocycles. The molecule has 1 heterocycles. The average Bonchev–Trinajstić information content (AvgIpc) is 2.41. The minimum absolute atomic E-state index is 0.164. The summed E-state index contributed by atoms with van der Waals surface area (Å²) in [5.41, 5.74) is 1.35. The Balaban J connectivity index is 2.59. The zero-order valence-corrected chi connectivity index (χ0v) is 16.2. The number of methoxy groups -OCH3 is 1. The van der Waals surface area contributed by atoms with Crippen LogP contribution < -0.4 is 0 Å². The lowest BCUT2D eigenvalue weighted by molar-refractivity contribution is 0.0600. The average molecular weight is 346 g/mol. The van der Waals surface area contributed by atoms with Gasteiger partial charge in [0, 0.05) is 16.2 Å². The number of nitrogens with zero attached hydrogens (tertiary/aromatic N) is 1. The van der Waals surface area contributed by atoms with Gasteiger partial charge in [-0.2, -0.15) is 0 Å². The molecule has 0 fully saturated rings. The molecule has 0 amide bonds. The Morgan fingerprint density at radius 1 is 1.32 bits per heavy atom. The number of hydrogen-bond donors (Lipinski definition) is 0. The highest BCUT2D eigenvalue weighted by atomic mass is 32.3. The fourth-order valence-electron chi connectivity index (χ4n) is 1.51. The van der Waals surface area contributed by atoms with Gasteiger partial charge in [0.15, 0.2) is 0 Å². The van der Waals surface area contributed by atoms with Crippen LogP contribution in [0.15, 0.2) is 17.2 Å². The van der Waals surface area contributed by atoms with Crippen LogP contribution in [0, 0.1) is 6.92 Å². The van der Waals surface area contributed by atoms with E-state index in [1.807, 2.05) is 6.92 Å². The zero-order valence-electron chi connectivity index (χ0n) is 14.6. The molecule has 0 unspecified atom stereocenters. The molecule has 0 bridgehead atoms. The van der Waals surface area contributed by atoms with E-state index in [0.29, 0.717) is 12.2 Å². The number of thioether (sulfide) groups is 1. The molecule has 126 valence electrons. The van der Waals surface area contributed by atoms with Gasteiger partial charge in [-0.1, -0.05) is 20.8 Å². The molecule has 0 atom stereocenters. The summed E-state index contributed by atoms with van der Waals surface area (Å²) in [7, 11) is 0.291. The third-order valence-corrected chi connectivity index (χ3v) is 8.12. The molecule has 1 aromatic rings. The summed E-state index contributed by atoms with van der Waals surface area (Å²) >= 11 is 1.60. The van der Waals surface area contributed by atoms with Crippen LogP contribution >= 0.6 is 22.1 Å². The van der Waals surface area contributed by atoms with Gasteiger partial charge >= 0.3 is 5.97 Å². The van der Waals surface area contributed by atoms with Crippen LogP contribution in [0.3, 0.4) is 0 Å². The van der Waals surface area contributed by atoms with Crippen molar-refractivity contribution in [2.75, 3.05) is 32.0 Å². The van der Waals surface area contributed by atoms with E-state index >= 15 is 0 Å². The fraction of sp³-hybridized carbons (Fsp3) is 0.625. The molecule has 0 radical (unpaired) electrons. The molecular formula is C16H27NO3S2. The van der Waals surface area contributed by atoms with Crippen molar-refractivity contribution < 1.29 is 13.7 Å². The number of pyridine rings is 1. The molecule has 6 heteroatoms. The molecule has 0 N–H and O–H groups in total. The molecule has 4 nitrogen and oxygen atoms in total. The standard InChI is InChI=1S/C16H27NO3S2/c1-12-10-13(15(18)19-5)11-14(17-12)21-9-8-20-22(6,7)16(2,3)4/h10-11H,8-9H2,1-7H3. The van der Waals surface area contributed by atoms with E-state index in [1.165, 1.54) is 7.11 Å². The molecule has 0 saturated carbocycles. The van der Waals surface area contributed by atoms with Crippen molar-refractivity contribution in [2.24, 2.45) is 0 Å². The second-order valence-electron chi connectivity index (χ2n) is 6.34. The third kappa shape index (κ3) is 5.48. The van der Waals surface area contributed by atoms with Gasteiger partial charge < -0.3 is 8.92 Å². The number of ether oxygens (including phenoxy) is 1. The summed E-state index contributed by atoms with van der Waals surface area (Å²) < 4.78 is 11.0. The molecule has 0 aromatic carbocycles. The largest absolute Gasteiger partial charge is 0.465 e. The lowest BCUT2D eigenvalue weighted by Gasteiger charge is -2.43. The second kappa shape index (κ2) is 7.70. The van der Waals surface area contributed by atoms with Gasteiger partial charge in [-0.25, -0.2) is 9.78 Å². The Morgan fingerprint density at radius 3 is 2.50 bits per heavy atom. The zero-order chi connectivity index (χ0) is 17.0. The van der Waals surface area contributed by atoms with E-state index < -0.39 is 10.3 Å². The molecule has 0 aliphatic rings. The highest BCUT2D eigenvalue weighted by Crippen LogP contribution is 2.53. The minimum Gasteiger partial charge on any atom is -0.465 e. The topological polar surface area (TPSA) is 48.4 Å². The molecule has 22 heavy (non-hydrogen) atoms. The predicted octanol–water partition coefficient (Wildman–Crippen LogP) is 4.06. The van der Waals surface area contributed by atoms with Crippen LogP contribution in [0.5, 0.6) is 0 Å². The lowest BCUT2D eigenvalue weighted by atomic mass is 10.2. The van der Waals surface area contributed by atoms with Gasteiger partial charge in [0.05, 0.1) is 24.3 Å². The van der Waals surface area contributed by atoms with Crippen LogP contribution in [-0.4, -0.2) is 47.7 Å². The van der Waals surface area contributed by atoms with Crippen LogP contribution in [-0.2, 0) is 8.92 Å². The molecule has 1 rings (SSSR count). The Labute approximate surface area is 139 Å². The van der Waals surface area contributed by atoms with E-state index in [2.05, 4.69) is 38.3 Å². The van der Waals surface area contributed by atoms with E-state index in [0.717, 1.165) is 16.5 Å². The Bertz CT molecular complexity index is 525. The van der Waals surface area contributed by atoms with Crippen LogP contribution in [0.2, 0.25) is 0 Å². The van der Waals surface area contributed by atoms with Gasteiger partial charge in [-0.3, -0.25) is 0 Å². The molecular weight excluding hydrogens is 318 g/mol. The van der Waals surface area contributed by atoms with Crippen LogP contribution in [0.25, 0.3) is 0 Å². The highest BCUT2D eigenvalue weighted by Gasteiger charge is 2.28. The fourth-order valence-corrected chi connectivity index (χ4v) is 3.27. The maximum Gasteiger partial charge on any atom is 0.338 e. The van der Waals surface area contributed by atoms with Crippen molar-refractivity contribution in [1.29, 1.82) is 0 Å². The van der Waals surface area contributed by atoms with Gasteiger partial charge in [-0.05, 0) is 31.6 Å². The van der Waals surface area contributed by atoms with E-state index in [-0.39, 0.29) is 10.7 Å². The lowest BCUT2D eigenvalue weighted by Crippen LogP contribution is -2.25. The van der Waals surface area contributed by atoms with Gasteiger partial charge in [0.2, 0.25) is 0 Å². The second-order valence-corrected chi connectivity index (χ2v) is 11.4. The maximum atomic E-state index is 11.6. The SMILES string of the molecule is COC(=O)c1cc(C)nc(SCCOS(C)(C)C(C)(C)C)c1. The van der Waals surface area contributed by atoms with Crippen LogP contribution in [0.4, 0.5) is 0 Å². The highest BCUT2D eigenvalue weighted by molar-refractivity contribution is 8.29. The van der Waals surface area contributed by atoms with Gasteiger partial charge in [0.25, 0.3) is 0 Å². The maximum absolute atomic E-state index is 11.6. The summed E-state index contributed by atoms with van der Waals surface area (Å²) in [6, 6.07) is 3.50. The van der Waals surface area contributed by atoms with E-state index in [4.69, 9.17) is 8.92 Å². The number of aromatic nitrogens is 1. The van der Waals surface area contributed by atoms with Crippen molar-refractivity contribution in [3.05, 3.63) is 23.4 Å². The van der Waals surface area contributed by atoms with Crippen molar-refractivity contribution in [2.45, 2.75) is 37.5 Å². The predicted molar refractivity (Wildman–Crippen MR) is 96.2 cm³/mol. The quantitative estimate of drug-likeness (QED) is 0.442. The Morgan fingerprint density at radius 2 is 1.95 bits per heavy atom. The first-order valence-corrected chi connectivity index (χ1v) is 10.5. The Kier molecular flexibility index (Phi) is 6.77. The first kappa shape index (κ1) is 19.3. The molecule has 0 spiro atoms.